The van der Waals surface area contributed by atoms with E-state index in [9.17, 15) is 21.0 Å². The summed E-state index contributed by atoms with van der Waals surface area (Å²) in [6.07, 6.45) is 0. The van der Waals surface area contributed by atoms with Gasteiger partial charge in [0.1, 0.15) is 0 Å². The Morgan fingerprint density at radius 3 is 0.864 bits per heavy atom. The Labute approximate surface area is 759 Å². The second kappa shape index (κ2) is 30.0. The van der Waals surface area contributed by atoms with Crippen LogP contribution < -0.4 is 0 Å². The van der Waals surface area contributed by atoms with Crippen LogP contribution in [0.3, 0.4) is 0 Å². The van der Waals surface area contributed by atoms with Gasteiger partial charge in [0.25, 0.3) is 0 Å². The number of fused-ring (bicyclic) bond motifs is 24. The summed E-state index contributed by atoms with van der Waals surface area (Å²) >= 11 is 0. The van der Waals surface area contributed by atoms with Gasteiger partial charge in [0.15, 0.2) is 11.4 Å². The summed E-state index contributed by atoms with van der Waals surface area (Å²) < 4.78 is 0. The van der Waals surface area contributed by atoms with Crippen molar-refractivity contribution in [3.05, 3.63) is 445 Å². The third-order valence-electron chi connectivity index (χ3n) is 27.7. The molecule has 27 rings (SSSR count). The molecule has 6 heteroatoms. The Bertz CT molecular complexity index is 9590. The van der Waals surface area contributed by atoms with Crippen LogP contribution in [0.15, 0.2) is 400 Å². The van der Waals surface area contributed by atoms with Crippen LogP contribution in [-0.4, -0.2) is 0 Å². The number of rotatable bonds is 6. The highest BCUT2D eigenvalue weighted by Gasteiger charge is 2.30. The second-order valence-electron chi connectivity index (χ2n) is 34.4. The number of nitriles is 4. The van der Waals surface area contributed by atoms with E-state index < -0.39 is 0 Å². The number of hydrogen-bond acceptors (Lipinski definition) is 4. The molecular formula is C126H66N6. The third-order valence-corrected chi connectivity index (χ3v) is 27.7. The van der Waals surface area contributed by atoms with E-state index in [-0.39, 0.29) is 0 Å². The van der Waals surface area contributed by atoms with Gasteiger partial charge in [0, 0.05) is 5.56 Å². The van der Waals surface area contributed by atoms with Gasteiger partial charge >= 0.3 is 0 Å². The largest absolute Gasteiger partial charge is 0.238 e. The van der Waals surface area contributed by atoms with E-state index in [2.05, 4.69) is 331 Å². The quantitative estimate of drug-likeness (QED) is 0.122. The van der Waals surface area contributed by atoms with Gasteiger partial charge in [-0.3, -0.25) is 0 Å². The third kappa shape index (κ3) is 11.7. The lowest BCUT2D eigenvalue weighted by Gasteiger charge is -2.18. The highest BCUT2D eigenvalue weighted by atomic mass is 14.6. The van der Waals surface area contributed by atoms with E-state index in [0.717, 1.165) is 115 Å². The molecule has 6 nitrogen and oxygen atoms in total. The fourth-order valence-electron chi connectivity index (χ4n) is 21.8. The summed E-state index contributed by atoms with van der Waals surface area (Å²) in [6.45, 7) is 15.7. The Balaban J connectivity index is 0.000000106. The number of hydrogen-bond donors (Lipinski definition) is 0. The molecule has 3 aliphatic carbocycles. The molecule has 0 unspecified atom stereocenters. The first-order valence-corrected chi connectivity index (χ1v) is 44.1. The molecule has 0 spiro atoms. The zero-order chi connectivity index (χ0) is 88.1. The fraction of sp³-hybridized carbons (Fsp3) is 0. The normalized spacial score (nSPS) is 11.6. The highest BCUT2D eigenvalue weighted by Crippen LogP contribution is 2.57. The molecule has 24 aromatic carbocycles. The predicted molar refractivity (Wildman–Crippen MR) is 547 cm³/mol. The molecule has 0 saturated heterocycles. The average Bonchev–Trinajstić information content (AvgIpc) is 1.52. The Morgan fingerprint density at radius 1 is 0.167 bits per heavy atom. The second-order valence-corrected chi connectivity index (χ2v) is 34.4. The molecule has 0 aromatic heterocycles. The van der Waals surface area contributed by atoms with Crippen molar-refractivity contribution in [1.29, 1.82) is 21.0 Å². The zero-order valence-electron chi connectivity index (χ0n) is 70.8. The standard InChI is InChI=1S/3C42H22N2/c1-44-29-13-5-12-28(19-29)35-21-36-31-15-3-2-14-30(31)34(27-11-4-8-25(18-27)24-43)20-40(36)41-23-38-33-17-7-10-26-9-6-16-32(42(26)33)37(38)22-39(35)41;1-44-41-19-7-6-16-30(41)35-21-34-29-15-5-4-14-28(29)33(27-13-3-2-10-26(27)24-43)20-38(34)40-23-37-32-18-9-12-25-11-8-17-31(42(25)32)36(37)22-39(35)40;43-23-25-11-15-27(16-12-25)34-19-40-36(31-8-2-1-7-30(31)34)20-35(28-17-13-26(24-44)14-18-28)39-21-37-32-9-3-5-29-6-4-10-33(42(29)32)38(37)22-41(39)40/h2*2-23H;1-22H. The molecule has 0 radical (unpaired) electrons. The molecule has 24 aromatic rings. The van der Waals surface area contributed by atoms with Crippen LogP contribution in [0.4, 0.5) is 11.4 Å². The fourth-order valence-corrected chi connectivity index (χ4v) is 21.8. The molecule has 600 valence electrons. The van der Waals surface area contributed by atoms with Crippen LogP contribution in [-0.2, 0) is 0 Å². The molecule has 3 aliphatic rings. The maximum absolute atomic E-state index is 10.0. The summed E-state index contributed by atoms with van der Waals surface area (Å²) in [5.74, 6) is 0. The number of para-hydroxylation sites is 1. The molecule has 0 fully saturated rings. The average molecular weight is 1660 g/mol. The molecule has 0 heterocycles. The minimum atomic E-state index is 0.631. The van der Waals surface area contributed by atoms with Crippen molar-refractivity contribution in [3.8, 4) is 158 Å². The van der Waals surface area contributed by atoms with Gasteiger partial charge in [0.2, 0.25) is 0 Å². The van der Waals surface area contributed by atoms with E-state index in [1.165, 1.54) is 148 Å². The zero-order valence-corrected chi connectivity index (χ0v) is 70.8. The molecule has 0 aliphatic heterocycles. The summed E-state index contributed by atoms with van der Waals surface area (Å²) in [5, 5.41) is 67.1. The molecule has 0 bridgehead atoms. The van der Waals surface area contributed by atoms with Gasteiger partial charge in [-0.05, 0) is 379 Å². The smallest absolute Gasteiger partial charge is 0.194 e. The maximum Gasteiger partial charge on any atom is 0.194 e. The molecule has 0 atom stereocenters. The van der Waals surface area contributed by atoms with Crippen molar-refractivity contribution in [2.45, 2.75) is 0 Å². The van der Waals surface area contributed by atoms with E-state index in [1.807, 2.05) is 103 Å². The summed E-state index contributed by atoms with van der Waals surface area (Å²) in [5.41, 5.74) is 31.7. The minimum Gasteiger partial charge on any atom is -0.238 e. The van der Waals surface area contributed by atoms with Gasteiger partial charge in [-0.1, -0.05) is 279 Å². The van der Waals surface area contributed by atoms with Crippen LogP contribution in [0.1, 0.15) is 22.3 Å². The lowest BCUT2D eigenvalue weighted by atomic mass is 9.85. The Hall–Kier alpha value is -18.7. The van der Waals surface area contributed by atoms with Crippen molar-refractivity contribution in [2.24, 2.45) is 0 Å². The molecule has 0 N–H and O–H groups in total. The van der Waals surface area contributed by atoms with Crippen molar-refractivity contribution in [1.82, 2.24) is 0 Å². The molecule has 0 amide bonds. The number of nitrogens with zero attached hydrogens (tertiary/aromatic N) is 6. The first kappa shape index (κ1) is 75.8. The van der Waals surface area contributed by atoms with Crippen LogP contribution >= 0.6 is 0 Å². The van der Waals surface area contributed by atoms with E-state index in [4.69, 9.17) is 13.1 Å². The highest BCUT2D eigenvalue weighted by molar-refractivity contribution is 6.32. The first-order chi connectivity index (χ1) is 65.2. The van der Waals surface area contributed by atoms with E-state index in [1.54, 1.807) is 0 Å². The van der Waals surface area contributed by atoms with Gasteiger partial charge in [0.05, 0.1) is 59.7 Å². The molecular weight excluding hydrogens is 1600 g/mol. The lowest BCUT2D eigenvalue weighted by molar-refractivity contribution is 1.48. The maximum atomic E-state index is 10.0. The van der Waals surface area contributed by atoms with Crippen molar-refractivity contribution < 1.29 is 0 Å². The van der Waals surface area contributed by atoms with E-state index >= 15 is 0 Å². The predicted octanol–water partition coefficient (Wildman–Crippen LogP) is 34.4. The van der Waals surface area contributed by atoms with Crippen LogP contribution in [0, 0.1) is 58.5 Å². The molecule has 132 heavy (non-hydrogen) atoms. The van der Waals surface area contributed by atoms with Crippen molar-refractivity contribution in [3.63, 3.8) is 0 Å². The van der Waals surface area contributed by atoms with E-state index in [0.29, 0.717) is 33.6 Å². The van der Waals surface area contributed by atoms with Crippen LogP contribution in [0.2, 0.25) is 0 Å². The monoisotopic (exact) mass is 1660 g/mol. The van der Waals surface area contributed by atoms with Crippen LogP contribution in [0.5, 0.6) is 0 Å². The van der Waals surface area contributed by atoms with Crippen molar-refractivity contribution >= 4 is 141 Å². The summed E-state index contributed by atoms with van der Waals surface area (Å²) in [6, 6.07) is 150. The summed E-state index contributed by atoms with van der Waals surface area (Å²) in [4.78, 5) is 7.67. The SMILES string of the molecule is N#Cc1ccc(-c2cc3c4cc5c(cc4c(-c4ccc(C#N)cc4)cc3c3ccccc23)-c2cccc3cccc-5c23)cc1.[C-]#[N+]c1cccc(-c2cc3c4ccccc4c(-c4cccc(C#N)c4)cc3c3cc4c(cc23)-c2cccc3cccc-4c23)c1.[C-]#[N+]c1ccccc1-c1cc2c3ccccc3c(-c3ccccc3C#N)cc2c2cc3c(cc12)-c1cccc2cccc-3c12. The molecule has 0 saturated carbocycles. The van der Waals surface area contributed by atoms with Gasteiger partial charge in [-0.2, -0.15) is 21.0 Å². The topological polar surface area (TPSA) is 104 Å². The summed E-state index contributed by atoms with van der Waals surface area (Å²) in [7, 11) is 0. The first-order valence-electron chi connectivity index (χ1n) is 44.1. The van der Waals surface area contributed by atoms with Crippen molar-refractivity contribution in [2.75, 3.05) is 0 Å². The van der Waals surface area contributed by atoms with Gasteiger partial charge in [-0.25, -0.2) is 9.69 Å². The number of benzene rings is 24. The van der Waals surface area contributed by atoms with Crippen LogP contribution in [0.25, 0.3) is 272 Å². The Morgan fingerprint density at radius 2 is 0.455 bits per heavy atom. The lowest BCUT2D eigenvalue weighted by Crippen LogP contribution is -1.91. The Kier molecular flexibility index (Phi) is 17.3. The minimum absolute atomic E-state index is 0.631. The van der Waals surface area contributed by atoms with Gasteiger partial charge in [-0.15, -0.1) is 0 Å². The van der Waals surface area contributed by atoms with Gasteiger partial charge < -0.3 is 0 Å².